The molecule has 0 spiro atoms. The Kier molecular flexibility index (Phi) is 4.87. The molecule has 96 valence electrons. The zero-order chi connectivity index (χ0) is 13.1. The molecule has 0 nitrogen and oxygen atoms in total. The van der Waals surface area contributed by atoms with Crippen LogP contribution in [0.3, 0.4) is 0 Å². The van der Waals surface area contributed by atoms with E-state index >= 15 is 0 Å². The molecule has 0 aliphatic heterocycles. The van der Waals surface area contributed by atoms with Gasteiger partial charge in [-0.2, -0.15) is 13.2 Å². The Bertz CT molecular complexity index is 371. The van der Waals surface area contributed by atoms with Crippen molar-refractivity contribution < 1.29 is 13.2 Å². The lowest BCUT2D eigenvalue weighted by Gasteiger charge is -2.17. The van der Waals surface area contributed by atoms with Crippen LogP contribution in [0.5, 0.6) is 0 Å². The van der Waals surface area contributed by atoms with Crippen LogP contribution in [0.2, 0.25) is 5.02 Å². The molecule has 1 aromatic carbocycles. The van der Waals surface area contributed by atoms with Gasteiger partial charge in [-0.3, -0.25) is 0 Å². The second-order valence-corrected chi connectivity index (χ2v) is 4.54. The summed E-state index contributed by atoms with van der Waals surface area (Å²) in [5, 5.41) is 0.222. The maximum atomic E-state index is 12.5. The predicted octanol–water partition coefficient (Wildman–Crippen LogP) is 5.65. The van der Waals surface area contributed by atoms with Crippen molar-refractivity contribution in [3.63, 3.8) is 0 Å². The summed E-state index contributed by atoms with van der Waals surface area (Å²) >= 11 is 5.94. The van der Waals surface area contributed by atoms with Gasteiger partial charge < -0.3 is 0 Å². The van der Waals surface area contributed by atoms with E-state index in [1.54, 1.807) is 0 Å². The van der Waals surface area contributed by atoms with Crippen molar-refractivity contribution in [1.29, 1.82) is 0 Å². The second kappa shape index (κ2) is 5.76. The van der Waals surface area contributed by atoms with Crippen LogP contribution in [0.25, 0.3) is 0 Å². The minimum atomic E-state index is -4.32. The lowest BCUT2D eigenvalue weighted by molar-refractivity contribution is -0.137. The highest BCUT2D eigenvalue weighted by Crippen LogP contribution is 2.36. The number of halogens is 4. The van der Waals surface area contributed by atoms with Crippen molar-refractivity contribution in [2.45, 2.75) is 45.2 Å². The van der Waals surface area contributed by atoms with E-state index in [4.69, 9.17) is 11.6 Å². The first-order chi connectivity index (χ1) is 7.90. The molecule has 4 heteroatoms. The monoisotopic (exact) mass is 264 g/mol. The van der Waals surface area contributed by atoms with Crippen molar-refractivity contribution in [2.24, 2.45) is 0 Å². The number of hydrogen-bond donors (Lipinski definition) is 0. The van der Waals surface area contributed by atoms with E-state index < -0.39 is 11.7 Å². The number of rotatable bonds is 4. The van der Waals surface area contributed by atoms with E-state index in [2.05, 4.69) is 6.92 Å². The first kappa shape index (κ1) is 14.4. The molecule has 0 heterocycles. The van der Waals surface area contributed by atoms with Gasteiger partial charge >= 0.3 is 6.18 Å². The van der Waals surface area contributed by atoms with Gasteiger partial charge in [0.1, 0.15) is 0 Å². The van der Waals surface area contributed by atoms with Gasteiger partial charge in [-0.1, -0.05) is 37.9 Å². The van der Waals surface area contributed by atoms with E-state index in [1.807, 2.05) is 6.92 Å². The molecule has 0 bridgehead atoms. The number of benzene rings is 1. The fourth-order valence-electron chi connectivity index (χ4n) is 1.96. The highest BCUT2D eigenvalue weighted by Gasteiger charge is 2.31. The lowest BCUT2D eigenvalue weighted by Crippen LogP contribution is -2.06. The second-order valence-electron chi connectivity index (χ2n) is 4.13. The molecule has 0 N–H and O–H groups in total. The van der Waals surface area contributed by atoms with Gasteiger partial charge in [0.05, 0.1) is 5.56 Å². The minimum absolute atomic E-state index is 0.222. The molecule has 0 aliphatic carbocycles. The van der Waals surface area contributed by atoms with Gasteiger partial charge in [0.25, 0.3) is 0 Å². The third-order valence-electron chi connectivity index (χ3n) is 2.90. The highest BCUT2D eigenvalue weighted by atomic mass is 35.5. The zero-order valence-corrected chi connectivity index (χ0v) is 10.7. The summed E-state index contributed by atoms with van der Waals surface area (Å²) in [4.78, 5) is 0. The molecule has 1 unspecified atom stereocenters. The summed E-state index contributed by atoms with van der Waals surface area (Å²) in [5.41, 5.74) is 0.140. The van der Waals surface area contributed by atoms with Crippen LogP contribution in [0.4, 0.5) is 13.2 Å². The van der Waals surface area contributed by atoms with E-state index in [9.17, 15) is 13.2 Å². The van der Waals surface area contributed by atoms with Gasteiger partial charge in [0.2, 0.25) is 0 Å². The first-order valence-corrected chi connectivity index (χ1v) is 6.14. The standard InChI is InChI=1S/C13H16ClF3/c1-3-5-9(4-2)11-7-6-10(8-12(11)14)13(15,16)17/h6-9H,3-5H2,1-2H3. The first-order valence-electron chi connectivity index (χ1n) is 5.76. The van der Waals surface area contributed by atoms with Gasteiger partial charge in [0, 0.05) is 5.02 Å². The molecular weight excluding hydrogens is 249 g/mol. The molecule has 1 rings (SSSR count). The van der Waals surface area contributed by atoms with Crippen molar-refractivity contribution >= 4 is 11.6 Å². The molecule has 0 aromatic heterocycles. The van der Waals surface area contributed by atoms with Crippen LogP contribution in [0, 0.1) is 0 Å². The molecule has 0 radical (unpaired) electrons. The molecule has 17 heavy (non-hydrogen) atoms. The summed E-state index contributed by atoms with van der Waals surface area (Å²) < 4.78 is 37.4. The molecule has 1 aromatic rings. The van der Waals surface area contributed by atoms with Gasteiger partial charge in [-0.15, -0.1) is 0 Å². The Balaban J connectivity index is 3.04. The maximum Gasteiger partial charge on any atom is 0.416 e. The van der Waals surface area contributed by atoms with Crippen LogP contribution >= 0.6 is 11.6 Å². The fraction of sp³-hybridized carbons (Fsp3) is 0.538. The Morgan fingerprint density at radius 2 is 1.88 bits per heavy atom. The van der Waals surface area contributed by atoms with E-state index in [0.717, 1.165) is 37.0 Å². The normalized spacial score (nSPS) is 13.8. The molecule has 0 amide bonds. The summed E-state index contributed by atoms with van der Waals surface area (Å²) in [6.07, 6.45) is -1.50. The van der Waals surface area contributed by atoms with E-state index in [0.29, 0.717) is 0 Å². The highest BCUT2D eigenvalue weighted by molar-refractivity contribution is 6.31. The lowest BCUT2D eigenvalue weighted by atomic mass is 9.91. The molecule has 0 saturated heterocycles. The van der Waals surface area contributed by atoms with Crippen LogP contribution in [0.15, 0.2) is 18.2 Å². The Hall–Kier alpha value is -0.700. The molecule has 0 aliphatic rings. The number of hydrogen-bond acceptors (Lipinski definition) is 0. The fourth-order valence-corrected chi connectivity index (χ4v) is 2.30. The van der Waals surface area contributed by atoms with Crippen molar-refractivity contribution in [3.8, 4) is 0 Å². The van der Waals surface area contributed by atoms with Crippen molar-refractivity contribution in [2.75, 3.05) is 0 Å². The molecule has 0 fully saturated rings. The van der Waals surface area contributed by atoms with Gasteiger partial charge in [-0.05, 0) is 36.5 Å². The molecule has 0 saturated carbocycles. The minimum Gasteiger partial charge on any atom is -0.166 e. The maximum absolute atomic E-state index is 12.5. The summed E-state index contributed by atoms with van der Waals surface area (Å²) in [7, 11) is 0. The smallest absolute Gasteiger partial charge is 0.166 e. The quantitative estimate of drug-likeness (QED) is 0.659. The van der Waals surface area contributed by atoms with E-state index in [-0.39, 0.29) is 10.9 Å². The average Bonchev–Trinajstić information content (AvgIpc) is 2.25. The third-order valence-corrected chi connectivity index (χ3v) is 3.22. The summed E-state index contributed by atoms with van der Waals surface area (Å²) in [6.45, 7) is 4.08. The SMILES string of the molecule is CCCC(CC)c1ccc(C(F)(F)F)cc1Cl. The summed E-state index contributed by atoms with van der Waals surface area (Å²) in [5.74, 6) is 0.245. The topological polar surface area (TPSA) is 0 Å². The largest absolute Gasteiger partial charge is 0.416 e. The third kappa shape index (κ3) is 3.63. The molecule has 1 atom stereocenters. The number of alkyl halides is 3. The van der Waals surface area contributed by atoms with Crippen LogP contribution < -0.4 is 0 Å². The van der Waals surface area contributed by atoms with E-state index in [1.165, 1.54) is 6.07 Å². The van der Waals surface area contributed by atoms with Crippen molar-refractivity contribution in [3.05, 3.63) is 34.3 Å². The Morgan fingerprint density at radius 3 is 2.29 bits per heavy atom. The van der Waals surface area contributed by atoms with Gasteiger partial charge in [0.15, 0.2) is 0 Å². The Labute approximate surface area is 105 Å². The summed E-state index contributed by atoms with van der Waals surface area (Å²) in [6, 6.07) is 3.64. The van der Waals surface area contributed by atoms with Crippen LogP contribution in [-0.4, -0.2) is 0 Å². The van der Waals surface area contributed by atoms with Gasteiger partial charge in [-0.25, -0.2) is 0 Å². The van der Waals surface area contributed by atoms with Crippen LogP contribution in [0.1, 0.15) is 50.2 Å². The average molecular weight is 265 g/mol. The van der Waals surface area contributed by atoms with Crippen LogP contribution in [-0.2, 0) is 6.18 Å². The molecular formula is C13H16ClF3. The zero-order valence-electron chi connectivity index (χ0n) is 9.94. The predicted molar refractivity (Wildman–Crippen MR) is 64.4 cm³/mol. The Morgan fingerprint density at radius 1 is 1.24 bits per heavy atom. The van der Waals surface area contributed by atoms with Crippen molar-refractivity contribution in [1.82, 2.24) is 0 Å².